The minimum Gasteiger partial charge on any atom is -0.481 e. The lowest BCUT2D eigenvalue weighted by Gasteiger charge is -2.61. The van der Waals surface area contributed by atoms with E-state index in [2.05, 4.69) is 20.8 Å². The van der Waals surface area contributed by atoms with Crippen LogP contribution in [-0.4, -0.2) is 16.9 Å². The molecule has 3 nitrogen and oxygen atoms in total. The van der Waals surface area contributed by atoms with Crippen molar-refractivity contribution in [2.75, 3.05) is 0 Å². The first-order chi connectivity index (χ1) is 13.3. The van der Waals surface area contributed by atoms with Crippen molar-refractivity contribution in [3.63, 3.8) is 0 Å². The number of fused-ring (bicyclic) bond motifs is 5. The summed E-state index contributed by atoms with van der Waals surface area (Å²) in [5.41, 5.74) is 0.631. The van der Waals surface area contributed by atoms with Crippen LogP contribution in [0.15, 0.2) is 0 Å². The number of carbonyl (C=O) groups excluding carboxylic acids is 1. The van der Waals surface area contributed by atoms with Gasteiger partial charge < -0.3 is 5.11 Å². The molecule has 3 heteroatoms. The van der Waals surface area contributed by atoms with Crippen LogP contribution in [0.25, 0.3) is 0 Å². The highest BCUT2D eigenvalue weighted by atomic mass is 16.4. The second-order valence-corrected chi connectivity index (χ2v) is 11.1. The number of rotatable bonds is 5. The van der Waals surface area contributed by atoms with Crippen molar-refractivity contribution in [1.29, 1.82) is 0 Å². The Bertz CT molecular complexity index is 627. The molecule has 0 bridgehead atoms. The first kappa shape index (κ1) is 22.8. The van der Waals surface area contributed by atoms with Crippen molar-refractivity contribution in [2.24, 2.45) is 46.3 Å². The van der Waals surface area contributed by atoms with Crippen molar-refractivity contribution >= 4 is 11.8 Å². The Labute approximate surface area is 178 Å². The SMILES string of the molecule is C.CC[C@H]1C(=O)C2[C@@H]3CCC(CCCC(=O)O)C3(C)CC[C@@H]2C2(C)CCCCC12. The topological polar surface area (TPSA) is 54.4 Å². The molecule has 0 saturated heterocycles. The summed E-state index contributed by atoms with van der Waals surface area (Å²) < 4.78 is 0. The molecule has 1 N–H and O–H groups in total. The molecule has 4 aliphatic rings. The van der Waals surface area contributed by atoms with E-state index in [1.807, 2.05) is 0 Å². The summed E-state index contributed by atoms with van der Waals surface area (Å²) >= 11 is 0. The van der Waals surface area contributed by atoms with Gasteiger partial charge in [0.25, 0.3) is 0 Å². The van der Waals surface area contributed by atoms with Crippen LogP contribution in [0.4, 0.5) is 0 Å². The van der Waals surface area contributed by atoms with Crippen LogP contribution >= 0.6 is 0 Å². The molecule has 166 valence electrons. The zero-order valence-corrected chi connectivity index (χ0v) is 18.2. The van der Waals surface area contributed by atoms with Gasteiger partial charge in [-0.25, -0.2) is 0 Å². The van der Waals surface area contributed by atoms with Gasteiger partial charge >= 0.3 is 5.97 Å². The maximum atomic E-state index is 13.8. The fourth-order valence-electron chi connectivity index (χ4n) is 8.80. The average molecular weight is 405 g/mol. The minimum absolute atomic E-state index is 0. The van der Waals surface area contributed by atoms with E-state index in [9.17, 15) is 9.59 Å². The van der Waals surface area contributed by atoms with Gasteiger partial charge in [-0.3, -0.25) is 9.59 Å². The minimum atomic E-state index is -0.673. The standard InChI is InChI=1S/C25H40O3.CH4/c1-4-17-18-9-5-6-14-25(18,3)20-13-15-24(2)16(8-7-10-21(26)27)11-12-19(24)22(20)23(17)28;/h16-20,22H,4-15H2,1-3H3,(H,26,27);1H4/t16?,17-,18?,19+,20+,22?,24?,25?;/m1./s1. The van der Waals surface area contributed by atoms with E-state index in [1.165, 1.54) is 51.4 Å². The Morgan fingerprint density at radius 3 is 2.41 bits per heavy atom. The number of carboxylic acid groups (broad SMARTS) is 1. The van der Waals surface area contributed by atoms with Gasteiger partial charge in [0, 0.05) is 18.3 Å². The smallest absolute Gasteiger partial charge is 0.303 e. The number of carbonyl (C=O) groups is 2. The third-order valence-corrected chi connectivity index (χ3v) is 10.2. The number of Topliss-reactive ketones (excluding diaryl/α,β-unsaturated/α-hetero) is 1. The molecular formula is C26H44O3. The Hall–Kier alpha value is -0.860. The molecule has 8 atom stereocenters. The Morgan fingerprint density at radius 1 is 1.00 bits per heavy atom. The van der Waals surface area contributed by atoms with Crippen molar-refractivity contribution in [3.05, 3.63) is 0 Å². The lowest BCUT2D eigenvalue weighted by molar-refractivity contribution is -0.167. The maximum Gasteiger partial charge on any atom is 0.303 e. The Morgan fingerprint density at radius 2 is 1.72 bits per heavy atom. The molecule has 0 heterocycles. The lowest BCUT2D eigenvalue weighted by Crippen LogP contribution is -2.59. The molecule has 0 spiro atoms. The molecular weight excluding hydrogens is 360 g/mol. The summed E-state index contributed by atoms with van der Waals surface area (Å²) in [4.78, 5) is 24.8. The lowest BCUT2D eigenvalue weighted by atomic mass is 9.42. The van der Waals surface area contributed by atoms with Crippen molar-refractivity contribution < 1.29 is 14.7 Å². The van der Waals surface area contributed by atoms with Crippen LogP contribution in [-0.2, 0) is 9.59 Å². The fraction of sp³-hybridized carbons (Fsp3) is 0.923. The molecule has 0 aromatic heterocycles. The van der Waals surface area contributed by atoms with Gasteiger partial charge in [0.05, 0.1) is 0 Å². The molecule has 4 aliphatic carbocycles. The van der Waals surface area contributed by atoms with Gasteiger partial charge in [-0.1, -0.05) is 41.0 Å². The Balaban J connectivity index is 0.00000240. The van der Waals surface area contributed by atoms with Gasteiger partial charge in [0.15, 0.2) is 0 Å². The predicted molar refractivity (Wildman–Crippen MR) is 118 cm³/mol. The zero-order valence-electron chi connectivity index (χ0n) is 18.2. The van der Waals surface area contributed by atoms with Crippen LogP contribution in [0.5, 0.6) is 0 Å². The number of aliphatic carboxylic acids is 1. The van der Waals surface area contributed by atoms with E-state index in [4.69, 9.17) is 5.11 Å². The summed E-state index contributed by atoms with van der Waals surface area (Å²) in [7, 11) is 0. The molecule has 0 radical (unpaired) electrons. The first-order valence-electron chi connectivity index (χ1n) is 12.1. The fourth-order valence-corrected chi connectivity index (χ4v) is 8.80. The van der Waals surface area contributed by atoms with Crippen molar-refractivity contribution in [3.8, 4) is 0 Å². The number of hydrogen-bond donors (Lipinski definition) is 1. The monoisotopic (exact) mass is 404 g/mol. The molecule has 0 aliphatic heterocycles. The molecule has 0 amide bonds. The quantitative estimate of drug-likeness (QED) is 0.552. The van der Waals surface area contributed by atoms with Crippen molar-refractivity contribution in [2.45, 2.75) is 105 Å². The van der Waals surface area contributed by atoms with Crippen LogP contribution in [0.3, 0.4) is 0 Å². The highest BCUT2D eigenvalue weighted by molar-refractivity contribution is 5.86. The van der Waals surface area contributed by atoms with Gasteiger partial charge in [0.1, 0.15) is 5.78 Å². The second kappa shape index (κ2) is 8.35. The molecule has 4 fully saturated rings. The summed E-state index contributed by atoms with van der Waals surface area (Å²) in [5, 5.41) is 9.02. The summed E-state index contributed by atoms with van der Waals surface area (Å²) in [6.07, 6.45) is 13.3. The molecule has 0 aromatic rings. The summed E-state index contributed by atoms with van der Waals surface area (Å²) in [6, 6.07) is 0. The second-order valence-electron chi connectivity index (χ2n) is 11.1. The van der Waals surface area contributed by atoms with E-state index in [0.717, 1.165) is 19.3 Å². The predicted octanol–water partition coefficient (Wildman–Crippen LogP) is 6.74. The van der Waals surface area contributed by atoms with E-state index in [1.54, 1.807) is 0 Å². The van der Waals surface area contributed by atoms with E-state index < -0.39 is 5.97 Å². The largest absolute Gasteiger partial charge is 0.481 e. The van der Waals surface area contributed by atoms with Crippen LogP contribution in [0.1, 0.15) is 105 Å². The number of carboxylic acids is 1. The van der Waals surface area contributed by atoms with Crippen LogP contribution < -0.4 is 0 Å². The van der Waals surface area contributed by atoms with Crippen LogP contribution in [0.2, 0.25) is 0 Å². The third kappa shape index (κ3) is 3.49. The Kier molecular flexibility index (Phi) is 6.57. The third-order valence-electron chi connectivity index (χ3n) is 10.2. The maximum absolute atomic E-state index is 13.8. The molecule has 0 aromatic carbocycles. The zero-order chi connectivity index (χ0) is 20.1. The van der Waals surface area contributed by atoms with Gasteiger partial charge in [-0.2, -0.15) is 0 Å². The number of hydrogen-bond acceptors (Lipinski definition) is 2. The highest BCUT2D eigenvalue weighted by Gasteiger charge is 2.63. The molecule has 4 rings (SSSR count). The molecule has 29 heavy (non-hydrogen) atoms. The average Bonchev–Trinajstić information content (AvgIpc) is 2.99. The summed E-state index contributed by atoms with van der Waals surface area (Å²) in [5.74, 6) is 2.91. The molecule has 5 unspecified atom stereocenters. The van der Waals surface area contributed by atoms with E-state index in [-0.39, 0.29) is 18.8 Å². The van der Waals surface area contributed by atoms with E-state index >= 15 is 0 Å². The number of ketones is 1. The van der Waals surface area contributed by atoms with Crippen molar-refractivity contribution in [1.82, 2.24) is 0 Å². The normalized spacial score (nSPS) is 46.2. The molecule has 4 saturated carbocycles. The highest BCUT2D eigenvalue weighted by Crippen LogP contribution is 2.68. The van der Waals surface area contributed by atoms with E-state index in [0.29, 0.717) is 47.2 Å². The van der Waals surface area contributed by atoms with Gasteiger partial charge in [-0.05, 0) is 92.3 Å². The summed E-state index contributed by atoms with van der Waals surface area (Å²) in [6.45, 7) is 7.24. The van der Waals surface area contributed by atoms with Gasteiger partial charge in [0.2, 0.25) is 0 Å². The van der Waals surface area contributed by atoms with Crippen LogP contribution in [0, 0.1) is 46.3 Å². The first-order valence-corrected chi connectivity index (χ1v) is 12.1. The van der Waals surface area contributed by atoms with Gasteiger partial charge in [-0.15, -0.1) is 0 Å².